The average Bonchev–Trinajstić information content (AvgIpc) is 2.53. The van der Waals surface area contributed by atoms with Crippen molar-refractivity contribution in [3.05, 3.63) is 48.5 Å². The van der Waals surface area contributed by atoms with Gasteiger partial charge in [0.05, 0.1) is 7.11 Å². The van der Waals surface area contributed by atoms with Gasteiger partial charge in [-0.15, -0.1) is 0 Å². The Morgan fingerprint density at radius 2 is 1.41 bits per heavy atom. The molecule has 0 aromatic heterocycles. The molecule has 2 nitrogen and oxygen atoms in total. The third kappa shape index (κ3) is 2.98. The van der Waals surface area contributed by atoms with E-state index in [0.717, 1.165) is 22.2 Å². The van der Waals surface area contributed by atoms with Crippen LogP contribution in [0.4, 0.5) is 0 Å². The number of ether oxygens (including phenoxy) is 1. The minimum atomic E-state index is -2.47. The number of benzene rings is 2. The van der Waals surface area contributed by atoms with Crippen molar-refractivity contribution in [2.75, 3.05) is 7.11 Å². The van der Waals surface area contributed by atoms with Gasteiger partial charge in [0.15, 0.2) is 0 Å². The fourth-order valence-electron chi connectivity index (χ4n) is 2.95. The molecule has 0 N–H and O–H groups in total. The van der Waals surface area contributed by atoms with Crippen LogP contribution >= 0.6 is 7.14 Å². The molecular weight excluding hydrogens is 291 g/mol. The number of hydrogen-bond donors (Lipinski definition) is 0. The van der Waals surface area contributed by atoms with Crippen LogP contribution in [0.5, 0.6) is 5.75 Å². The highest BCUT2D eigenvalue weighted by Gasteiger charge is 2.34. The van der Waals surface area contributed by atoms with Crippen LogP contribution in [0, 0.1) is 0 Å². The molecule has 0 aliphatic rings. The van der Waals surface area contributed by atoms with Crippen LogP contribution in [0.1, 0.15) is 27.7 Å². The first-order chi connectivity index (χ1) is 10.4. The van der Waals surface area contributed by atoms with Gasteiger partial charge >= 0.3 is 0 Å². The van der Waals surface area contributed by atoms with Crippen LogP contribution in [-0.2, 0) is 4.57 Å². The van der Waals surface area contributed by atoms with E-state index in [-0.39, 0.29) is 11.3 Å². The van der Waals surface area contributed by atoms with Gasteiger partial charge in [-0.2, -0.15) is 0 Å². The van der Waals surface area contributed by atoms with Gasteiger partial charge in [-0.3, -0.25) is 0 Å². The fourth-order valence-corrected chi connectivity index (χ4v) is 6.15. The summed E-state index contributed by atoms with van der Waals surface area (Å²) in [5.41, 5.74) is 2.41. The SMILES string of the molecule is COc1ccc(-c2ccccc2P(=O)(C(C)C)C(C)C)cc1. The first-order valence-electron chi connectivity index (χ1n) is 7.74. The summed E-state index contributed by atoms with van der Waals surface area (Å²) in [7, 11) is -0.807. The minimum Gasteiger partial charge on any atom is -0.497 e. The second-order valence-electron chi connectivity index (χ2n) is 6.14. The van der Waals surface area contributed by atoms with E-state index in [0.29, 0.717) is 0 Å². The number of methoxy groups -OCH3 is 1. The molecule has 0 saturated carbocycles. The topological polar surface area (TPSA) is 26.3 Å². The molecule has 0 spiro atoms. The molecule has 0 saturated heterocycles. The highest BCUT2D eigenvalue weighted by molar-refractivity contribution is 7.73. The second kappa shape index (κ2) is 6.71. The van der Waals surface area contributed by atoms with Gasteiger partial charge in [-0.1, -0.05) is 64.1 Å². The molecule has 0 amide bonds. The highest BCUT2D eigenvalue weighted by atomic mass is 31.2. The molecule has 3 heteroatoms. The lowest BCUT2D eigenvalue weighted by Gasteiger charge is -2.28. The Labute approximate surface area is 133 Å². The second-order valence-corrected chi connectivity index (χ2v) is 10.1. The summed E-state index contributed by atoms with van der Waals surface area (Å²) in [5.74, 6) is 0.831. The van der Waals surface area contributed by atoms with Crippen LogP contribution < -0.4 is 10.0 Å². The minimum absolute atomic E-state index is 0.131. The highest BCUT2D eigenvalue weighted by Crippen LogP contribution is 2.55. The molecule has 0 bridgehead atoms. The maximum atomic E-state index is 13.7. The zero-order valence-corrected chi connectivity index (χ0v) is 14.9. The molecule has 0 fully saturated rings. The number of rotatable bonds is 5. The van der Waals surface area contributed by atoms with Gasteiger partial charge in [0.1, 0.15) is 12.9 Å². The van der Waals surface area contributed by atoms with Gasteiger partial charge in [0, 0.05) is 16.6 Å². The lowest BCUT2D eigenvalue weighted by molar-refractivity contribution is 0.415. The van der Waals surface area contributed by atoms with E-state index >= 15 is 0 Å². The predicted octanol–water partition coefficient (Wildman–Crippen LogP) is 5.17. The van der Waals surface area contributed by atoms with Crippen LogP contribution in [0.25, 0.3) is 11.1 Å². The molecular formula is C19H25O2P. The molecule has 2 aromatic rings. The quantitative estimate of drug-likeness (QED) is 0.712. The van der Waals surface area contributed by atoms with E-state index in [1.807, 2.05) is 42.5 Å². The lowest BCUT2D eigenvalue weighted by Crippen LogP contribution is -2.21. The molecule has 0 aliphatic heterocycles. The Morgan fingerprint density at radius 1 is 0.864 bits per heavy atom. The molecule has 0 atom stereocenters. The van der Waals surface area contributed by atoms with Crippen molar-refractivity contribution in [1.29, 1.82) is 0 Å². The summed E-state index contributed by atoms with van der Waals surface area (Å²) in [6, 6.07) is 16.0. The van der Waals surface area contributed by atoms with E-state index in [2.05, 4.69) is 33.8 Å². The molecule has 0 heterocycles. The first kappa shape index (κ1) is 16.8. The van der Waals surface area contributed by atoms with Crippen LogP contribution in [0.2, 0.25) is 0 Å². The third-order valence-corrected chi connectivity index (χ3v) is 8.43. The zero-order chi connectivity index (χ0) is 16.3. The van der Waals surface area contributed by atoms with Crippen molar-refractivity contribution in [3.8, 4) is 16.9 Å². The monoisotopic (exact) mass is 316 g/mol. The largest absolute Gasteiger partial charge is 0.497 e. The maximum absolute atomic E-state index is 13.7. The molecule has 118 valence electrons. The summed E-state index contributed by atoms with van der Waals surface area (Å²) in [4.78, 5) is 0. The average molecular weight is 316 g/mol. The van der Waals surface area contributed by atoms with Gasteiger partial charge < -0.3 is 9.30 Å². The summed E-state index contributed by atoms with van der Waals surface area (Å²) in [6.45, 7) is 8.24. The van der Waals surface area contributed by atoms with Crippen molar-refractivity contribution in [3.63, 3.8) is 0 Å². The Kier molecular flexibility index (Phi) is 5.13. The standard InChI is InChI=1S/C19H25O2P/c1-14(2)22(20,15(3)4)19-9-7-6-8-18(19)16-10-12-17(21-5)13-11-16/h6-15H,1-5H3. The van der Waals surface area contributed by atoms with Crippen molar-refractivity contribution >= 4 is 12.4 Å². The predicted molar refractivity (Wildman–Crippen MR) is 95.9 cm³/mol. The Hall–Kier alpha value is -1.53. The summed E-state index contributed by atoms with van der Waals surface area (Å²) < 4.78 is 18.9. The van der Waals surface area contributed by atoms with Crippen LogP contribution in [-0.4, -0.2) is 18.4 Å². The van der Waals surface area contributed by atoms with Crippen LogP contribution in [0.3, 0.4) is 0 Å². The van der Waals surface area contributed by atoms with Crippen molar-refractivity contribution in [2.45, 2.75) is 39.0 Å². The van der Waals surface area contributed by atoms with Gasteiger partial charge in [0.2, 0.25) is 0 Å². The number of hydrogen-bond acceptors (Lipinski definition) is 2. The third-order valence-electron chi connectivity index (χ3n) is 4.22. The molecule has 0 aliphatic carbocycles. The molecule has 2 rings (SSSR count). The van der Waals surface area contributed by atoms with E-state index in [4.69, 9.17) is 4.74 Å². The van der Waals surface area contributed by atoms with E-state index in [1.54, 1.807) is 7.11 Å². The van der Waals surface area contributed by atoms with Gasteiger partial charge in [-0.25, -0.2) is 0 Å². The Balaban J connectivity index is 2.61. The fraction of sp³-hybridized carbons (Fsp3) is 0.368. The normalized spacial score (nSPS) is 12.0. The summed E-state index contributed by atoms with van der Waals surface area (Å²) in [5, 5.41) is 0.991. The molecule has 0 radical (unpaired) electrons. The van der Waals surface area contributed by atoms with Gasteiger partial charge in [0.25, 0.3) is 0 Å². The zero-order valence-electron chi connectivity index (χ0n) is 14.0. The van der Waals surface area contributed by atoms with E-state index < -0.39 is 7.14 Å². The van der Waals surface area contributed by atoms with E-state index in [9.17, 15) is 4.57 Å². The first-order valence-corrected chi connectivity index (χ1v) is 9.59. The summed E-state index contributed by atoms with van der Waals surface area (Å²) in [6.07, 6.45) is 0. The summed E-state index contributed by atoms with van der Waals surface area (Å²) >= 11 is 0. The lowest BCUT2D eigenvalue weighted by atomic mass is 10.1. The maximum Gasteiger partial charge on any atom is 0.121 e. The van der Waals surface area contributed by atoms with E-state index in [1.165, 1.54) is 0 Å². The molecule has 0 unspecified atom stereocenters. The Bertz CT molecular complexity index is 660. The van der Waals surface area contributed by atoms with Crippen LogP contribution in [0.15, 0.2) is 48.5 Å². The molecule has 2 aromatic carbocycles. The Morgan fingerprint density at radius 3 is 1.91 bits per heavy atom. The molecule has 22 heavy (non-hydrogen) atoms. The van der Waals surface area contributed by atoms with Crippen molar-refractivity contribution in [1.82, 2.24) is 0 Å². The van der Waals surface area contributed by atoms with Crippen molar-refractivity contribution < 1.29 is 9.30 Å². The van der Waals surface area contributed by atoms with Crippen molar-refractivity contribution in [2.24, 2.45) is 0 Å². The van der Waals surface area contributed by atoms with Gasteiger partial charge in [-0.05, 0) is 23.3 Å². The smallest absolute Gasteiger partial charge is 0.121 e.